The summed E-state index contributed by atoms with van der Waals surface area (Å²) >= 11 is 0. The molecule has 0 aromatic carbocycles. The summed E-state index contributed by atoms with van der Waals surface area (Å²) in [6.45, 7) is 7.93. The van der Waals surface area contributed by atoms with Crippen LogP contribution in [0.2, 0.25) is 0 Å². The topological polar surface area (TPSA) is 53.0 Å². The van der Waals surface area contributed by atoms with Crippen molar-refractivity contribution in [2.75, 3.05) is 19.6 Å². The van der Waals surface area contributed by atoms with Crippen LogP contribution in [0.15, 0.2) is 0 Å². The van der Waals surface area contributed by atoms with Crippen molar-refractivity contribution in [1.29, 1.82) is 5.26 Å². The van der Waals surface area contributed by atoms with Gasteiger partial charge in [-0.2, -0.15) is 5.26 Å². The number of rotatable bonds is 4. The number of nitriles is 1. The van der Waals surface area contributed by atoms with Gasteiger partial charge in [0.15, 0.2) is 0 Å². The van der Waals surface area contributed by atoms with Gasteiger partial charge in [0.1, 0.15) is 0 Å². The highest BCUT2D eigenvalue weighted by atomic mass is 15.1. The lowest BCUT2D eigenvalue weighted by molar-refractivity contribution is 0.297. The van der Waals surface area contributed by atoms with Gasteiger partial charge < -0.3 is 10.6 Å². The average Bonchev–Trinajstić information content (AvgIpc) is 2.62. The molecule has 0 aliphatic carbocycles. The van der Waals surface area contributed by atoms with Crippen molar-refractivity contribution in [3.8, 4) is 6.07 Å². The van der Waals surface area contributed by atoms with Gasteiger partial charge in [-0.3, -0.25) is 0 Å². The predicted octanol–water partition coefficient (Wildman–Crippen LogP) is 1.21. The van der Waals surface area contributed by atoms with Crippen molar-refractivity contribution >= 4 is 0 Å². The molecule has 1 rings (SSSR count). The molecule has 1 fully saturated rings. The van der Waals surface area contributed by atoms with E-state index in [0.717, 1.165) is 24.8 Å². The predicted molar refractivity (Wildman–Crippen MR) is 57.6 cm³/mol. The zero-order valence-corrected chi connectivity index (χ0v) is 9.24. The minimum atomic E-state index is -0.284. The molecule has 1 saturated heterocycles. The highest BCUT2D eigenvalue weighted by Gasteiger charge is 2.24. The van der Waals surface area contributed by atoms with Crippen molar-refractivity contribution in [1.82, 2.24) is 4.90 Å². The molecule has 2 N–H and O–H groups in total. The number of nitrogens with zero attached hydrogens (tertiary/aromatic N) is 2. The molecule has 0 aromatic rings. The lowest BCUT2D eigenvalue weighted by atomic mass is 9.95. The maximum Gasteiger partial charge on any atom is 0.0940 e. The van der Waals surface area contributed by atoms with Crippen molar-refractivity contribution in [2.24, 2.45) is 17.6 Å². The fourth-order valence-electron chi connectivity index (χ4n) is 2.00. The first-order valence-corrected chi connectivity index (χ1v) is 5.51. The quantitative estimate of drug-likeness (QED) is 0.733. The van der Waals surface area contributed by atoms with E-state index in [-0.39, 0.29) is 6.04 Å². The van der Waals surface area contributed by atoms with Crippen molar-refractivity contribution < 1.29 is 0 Å². The van der Waals surface area contributed by atoms with Crippen LogP contribution in [-0.2, 0) is 0 Å². The second kappa shape index (κ2) is 5.33. The van der Waals surface area contributed by atoms with Crippen LogP contribution in [0.3, 0.4) is 0 Å². The van der Waals surface area contributed by atoms with E-state index >= 15 is 0 Å². The molecule has 0 bridgehead atoms. The Morgan fingerprint density at radius 1 is 1.57 bits per heavy atom. The van der Waals surface area contributed by atoms with E-state index in [2.05, 4.69) is 24.8 Å². The van der Waals surface area contributed by atoms with Crippen LogP contribution in [0.25, 0.3) is 0 Å². The van der Waals surface area contributed by atoms with Crippen LogP contribution in [0.5, 0.6) is 0 Å². The van der Waals surface area contributed by atoms with Crippen LogP contribution in [-0.4, -0.2) is 30.6 Å². The van der Waals surface area contributed by atoms with Gasteiger partial charge in [-0.25, -0.2) is 0 Å². The second-order valence-corrected chi connectivity index (χ2v) is 4.62. The Bertz CT molecular complexity index is 207. The molecule has 3 nitrogen and oxygen atoms in total. The smallest absolute Gasteiger partial charge is 0.0940 e. The summed E-state index contributed by atoms with van der Waals surface area (Å²) in [5.74, 6) is 1.62. The van der Waals surface area contributed by atoms with E-state index in [1.807, 2.05) is 0 Å². The molecule has 14 heavy (non-hydrogen) atoms. The molecule has 1 heterocycles. The minimum absolute atomic E-state index is 0.284. The molecule has 0 radical (unpaired) electrons. The number of hydrogen-bond donors (Lipinski definition) is 1. The lowest BCUT2D eigenvalue weighted by Gasteiger charge is -2.17. The number of likely N-dealkylation sites (tertiary alicyclic amines) is 1. The summed E-state index contributed by atoms with van der Waals surface area (Å²) in [6, 6.07) is 1.79. The molecule has 0 amide bonds. The minimum Gasteiger partial charge on any atom is -0.316 e. The Balaban J connectivity index is 2.20. The molecular formula is C11H21N3. The van der Waals surface area contributed by atoms with Crippen LogP contribution in [0.1, 0.15) is 26.7 Å². The van der Waals surface area contributed by atoms with Gasteiger partial charge in [0.25, 0.3) is 0 Å². The third kappa shape index (κ3) is 3.28. The Kier molecular flexibility index (Phi) is 4.37. The molecule has 0 saturated carbocycles. The SMILES string of the molecule is CC(C)C1CCN(CCC(N)C#N)C1. The second-order valence-electron chi connectivity index (χ2n) is 4.62. The van der Waals surface area contributed by atoms with Gasteiger partial charge in [0, 0.05) is 13.1 Å². The van der Waals surface area contributed by atoms with E-state index in [9.17, 15) is 0 Å². The first-order chi connectivity index (χ1) is 6.63. The molecule has 3 heteroatoms. The Labute approximate surface area is 86.9 Å². The molecule has 0 spiro atoms. The van der Waals surface area contributed by atoms with Gasteiger partial charge in [0.05, 0.1) is 12.1 Å². The third-order valence-electron chi connectivity index (χ3n) is 3.17. The Morgan fingerprint density at radius 2 is 2.29 bits per heavy atom. The van der Waals surface area contributed by atoms with Crippen molar-refractivity contribution in [3.05, 3.63) is 0 Å². The zero-order chi connectivity index (χ0) is 10.6. The summed E-state index contributed by atoms with van der Waals surface area (Å²) in [5.41, 5.74) is 5.56. The van der Waals surface area contributed by atoms with E-state index in [1.165, 1.54) is 19.5 Å². The lowest BCUT2D eigenvalue weighted by Crippen LogP contribution is -2.28. The molecule has 0 aromatic heterocycles. The van der Waals surface area contributed by atoms with E-state index in [0.29, 0.717) is 0 Å². The average molecular weight is 195 g/mol. The summed E-state index contributed by atoms with van der Waals surface area (Å²) in [5, 5.41) is 8.56. The van der Waals surface area contributed by atoms with Gasteiger partial charge in [-0.05, 0) is 31.2 Å². The molecular weight excluding hydrogens is 174 g/mol. The van der Waals surface area contributed by atoms with Crippen LogP contribution in [0.4, 0.5) is 0 Å². The summed E-state index contributed by atoms with van der Waals surface area (Å²) in [4.78, 5) is 2.43. The maximum atomic E-state index is 8.56. The van der Waals surface area contributed by atoms with Gasteiger partial charge in [-0.15, -0.1) is 0 Å². The van der Waals surface area contributed by atoms with E-state index in [4.69, 9.17) is 11.0 Å². The normalized spacial score (nSPS) is 25.2. The van der Waals surface area contributed by atoms with Gasteiger partial charge >= 0.3 is 0 Å². The Hall–Kier alpha value is -0.590. The van der Waals surface area contributed by atoms with E-state index < -0.39 is 0 Å². The first kappa shape index (κ1) is 11.5. The fourth-order valence-corrected chi connectivity index (χ4v) is 2.00. The number of nitrogens with two attached hydrogens (primary N) is 1. The van der Waals surface area contributed by atoms with Crippen LogP contribution < -0.4 is 5.73 Å². The summed E-state index contributed by atoms with van der Waals surface area (Å²) < 4.78 is 0. The summed E-state index contributed by atoms with van der Waals surface area (Å²) in [6.07, 6.45) is 2.11. The van der Waals surface area contributed by atoms with Gasteiger partial charge in [0.2, 0.25) is 0 Å². The van der Waals surface area contributed by atoms with E-state index in [1.54, 1.807) is 0 Å². The monoisotopic (exact) mass is 195 g/mol. The third-order valence-corrected chi connectivity index (χ3v) is 3.17. The number of hydrogen-bond acceptors (Lipinski definition) is 3. The summed E-state index contributed by atoms with van der Waals surface area (Å²) in [7, 11) is 0. The maximum absolute atomic E-state index is 8.56. The first-order valence-electron chi connectivity index (χ1n) is 5.51. The zero-order valence-electron chi connectivity index (χ0n) is 9.24. The molecule has 2 unspecified atom stereocenters. The highest BCUT2D eigenvalue weighted by Crippen LogP contribution is 2.23. The molecule has 80 valence electrons. The van der Waals surface area contributed by atoms with Crippen LogP contribution >= 0.6 is 0 Å². The van der Waals surface area contributed by atoms with Crippen molar-refractivity contribution in [2.45, 2.75) is 32.7 Å². The largest absolute Gasteiger partial charge is 0.316 e. The standard InChI is InChI=1S/C11H21N3/c1-9(2)10-3-5-14(8-10)6-4-11(13)7-12/h9-11H,3-6,8,13H2,1-2H3. The van der Waals surface area contributed by atoms with Gasteiger partial charge in [-0.1, -0.05) is 13.8 Å². The molecule has 2 atom stereocenters. The Morgan fingerprint density at radius 3 is 2.79 bits per heavy atom. The molecule has 1 aliphatic heterocycles. The highest BCUT2D eigenvalue weighted by molar-refractivity contribution is 4.88. The van der Waals surface area contributed by atoms with Crippen LogP contribution in [0, 0.1) is 23.2 Å². The van der Waals surface area contributed by atoms with Crippen molar-refractivity contribution in [3.63, 3.8) is 0 Å². The molecule has 1 aliphatic rings. The fraction of sp³-hybridized carbons (Fsp3) is 0.909.